The van der Waals surface area contributed by atoms with Gasteiger partial charge in [0, 0.05) is 32.8 Å². The first-order chi connectivity index (χ1) is 12.9. The van der Waals surface area contributed by atoms with Crippen LogP contribution in [0.25, 0.3) is 0 Å². The van der Waals surface area contributed by atoms with E-state index in [2.05, 4.69) is 22.5 Å². The van der Waals surface area contributed by atoms with Crippen LogP contribution < -0.4 is 10.6 Å². The summed E-state index contributed by atoms with van der Waals surface area (Å²) in [5.74, 6) is 1.35. The molecular formula is C20H38N4O3. The Morgan fingerprint density at radius 2 is 2.07 bits per heavy atom. The predicted molar refractivity (Wildman–Crippen MR) is 108 cm³/mol. The molecule has 0 saturated carbocycles. The first kappa shape index (κ1) is 21.8. The smallest absolute Gasteiger partial charge is 0.410 e. The Bertz CT molecular complexity index is 484. The van der Waals surface area contributed by atoms with E-state index in [0.29, 0.717) is 12.5 Å². The first-order valence-corrected chi connectivity index (χ1v) is 10.5. The molecule has 2 aliphatic rings. The fourth-order valence-electron chi connectivity index (χ4n) is 3.51. The van der Waals surface area contributed by atoms with Crippen LogP contribution in [0.4, 0.5) is 4.79 Å². The second-order valence-corrected chi connectivity index (χ2v) is 8.50. The topological polar surface area (TPSA) is 75.2 Å². The van der Waals surface area contributed by atoms with E-state index in [9.17, 15) is 4.79 Å². The van der Waals surface area contributed by atoms with E-state index in [-0.39, 0.29) is 12.2 Å². The number of carbonyl (C=O) groups excluding carboxylic acids is 1. The molecule has 0 bridgehead atoms. The van der Waals surface area contributed by atoms with Crippen molar-refractivity contribution >= 4 is 12.1 Å². The monoisotopic (exact) mass is 382 g/mol. The zero-order valence-electron chi connectivity index (χ0n) is 17.6. The number of piperidine rings is 1. The maximum atomic E-state index is 12.3. The number of amides is 1. The molecule has 7 nitrogen and oxygen atoms in total. The Morgan fingerprint density at radius 1 is 1.26 bits per heavy atom. The van der Waals surface area contributed by atoms with Gasteiger partial charge in [0.2, 0.25) is 0 Å². The van der Waals surface area contributed by atoms with Gasteiger partial charge in [-0.3, -0.25) is 4.99 Å². The maximum absolute atomic E-state index is 12.3. The summed E-state index contributed by atoms with van der Waals surface area (Å²) in [7, 11) is 0. The van der Waals surface area contributed by atoms with Crippen LogP contribution in [0.3, 0.4) is 0 Å². The van der Waals surface area contributed by atoms with Gasteiger partial charge >= 0.3 is 6.09 Å². The molecule has 2 saturated heterocycles. The van der Waals surface area contributed by atoms with E-state index < -0.39 is 5.60 Å². The van der Waals surface area contributed by atoms with Crippen molar-refractivity contribution in [2.24, 2.45) is 10.9 Å². The highest BCUT2D eigenvalue weighted by molar-refractivity contribution is 5.79. The summed E-state index contributed by atoms with van der Waals surface area (Å²) in [6.07, 6.45) is 5.53. The van der Waals surface area contributed by atoms with Crippen molar-refractivity contribution in [1.82, 2.24) is 15.5 Å². The number of carbonyl (C=O) groups is 1. The third kappa shape index (κ3) is 8.37. The van der Waals surface area contributed by atoms with Gasteiger partial charge in [-0.25, -0.2) is 4.79 Å². The zero-order chi connectivity index (χ0) is 19.7. The summed E-state index contributed by atoms with van der Waals surface area (Å²) in [6.45, 7) is 12.6. The standard InChI is InChI=1S/C20H38N4O3/c1-5-21-18(23-14-17-9-7-13-26-17)22-11-10-16-8-6-12-24(15-16)19(25)27-20(2,3)4/h16-17H,5-15H2,1-4H3,(H2,21,22,23). The van der Waals surface area contributed by atoms with Crippen molar-refractivity contribution < 1.29 is 14.3 Å². The lowest BCUT2D eigenvalue weighted by Crippen LogP contribution is -2.44. The fourth-order valence-corrected chi connectivity index (χ4v) is 3.51. The molecule has 0 aromatic rings. The molecule has 2 heterocycles. The van der Waals surface area contributed by atoms with Gasteiger partial charge in [0.15, 0.2) is 5.96 Å². The Morgan fingerprint density at radius 3 is 2.74 bits per heavy atom. The first-order valence-electron chi connectivity index (χ1n) is 10.5. The molecular weight excluding hydrogens is 344 g/mol. The van der Waals surface area contributed by atoms with E-state index in [0.717, 1.165) is 70.8 Å². The molecule has 2 fully saturated rings. The number of nitrogens with one attached hydrogen (secondary N) is 2. The molecule has 2 unspecified atom stereocenters. The Balaban J connectivity index is 1.73. The third-order valence-corrected chi connectivity index (χ3v) is 4.84. The lowest BCUT2D eigenvalue weighted by molar-refractivity contribution is 0.0162. The van der Waals surface area contributed by atoms with Crippen LogP contribution in [-0.4, -0.2) is 68.0 Å². The molecule has 0 aliphatic carbocycles. The average molecular weight is 383 g/mol. The lowest BCUT2D eigenvalue weighted by Gasteiger charge is -2.34. The minimum Gasteiger partial charge on any atom is -0.444 e. The fraction of sp³-hybridized carbons (Fsp3) is 0.900. The second-order valence-electron chi connectivity index (χ2n) is 8.50. The van der Waals surface area contributed by atoms with Gasteiger partial charge in [-0.1, -0.05) is 0 Å². The van der Waals surface area contributed by atoms with Gasteiger partial charge in [-0.15, -0.1) is 0 Å². The minimum atomic E-state index is -0.439. The number of nitrogens with zero attached hydrogens (tertiary/aromatic N) is 2. The molecule has 27 heavy (non-hydrogen) atoms. The summed E-state index contributed by atoms with van der Waals surface area (Å²) in [4.78, 5) is 18.8. The van der Waals surface area contributed by atoms with E-state index >= 15 is 0 Å². The van der Waals surface area contributed by atoms with E-state index in [1.165, 1.54) is 0 Å². The molecule has 0 spiro atoms. The number of hydrogen-bond donors (Lipinski definition) is 2. The number of ether oxygens (including phenoxy) is 2. The second kappa shape index (κ2) is 10.7. The highest BCUT2D eigenvalue weighted by atomic mass is 16.6. The van der Waals surface area contributed by atoms with Crippen molar-refractivity contribution in [2.75, 3.05) is 39.3 Å². The van der Waals surface area contributed by atoms with Crippen LogP contribution in [0, 0.1) is 5.92 Å². The van der Waals surface area contributed by atoms with Crippen molar-refractivity contribution in [3.05, 3.63) is 0 Å². The average Bonchev–Trinajstić information content (AvgIpc) is 3.12. The lowest BCUT2D eigenvalue weighted by atomic mass is 9.95. The van der Waals surface area contributed by atoms with E-state index in [1.807, 2.05) is 25.7 Å². The molecule has 7 heteroatoms. The molecule has 156 valence electrons. The quantitative estimate of drug-likeness (QED) is 0.546. The van der Waals surface area contributed by atoms with Gasteiger partial charge in [-0.2, -0.15) is 0 Å². The van der Waals surface area contributed by atoms with Crippen molar-refractivity contribution in [3.8, 4) is 0 Å². The highest BCUT2D eigenvalue weighted by Crippen LogP contribution is 2.21. The summed E-state index contributed by atoms with van der Waals surface area (Å²) in [6, 6.07) is 0. The Labute approximate surface area is 164 Å². The molecule has 0 aromatic heterocycles. The van der Waals surface area contributed by atoms with Crippen LogP contribution in [-0.2, 0) is 9.47 Å². The SMILES string of the molecule is CCNC(=NCC1CCCO1)NCCC1CCCN(C(=O)OC(C)(C)C)C1. The van der Waals surface area contributed by atoms with Crippen molar-refractivity contribution in [2.45, 2.75) is 71.5 Å². The van der Waals surface area contributed by atoms with E-state index in [1.54, 1.807) is 0 Å². The summed E-state index contributed by atoms with van der Waals surface area (Å²) in [5.41, 5.74) is -0.439. The molecule has 2 aliphatic heterocycles. The number of hydrogen-bond acceptors (Lipinski definition) is 4. The molecule has 2 atom stereocenters. The molecule has 0 aromatic carbocycles. The van der Waals surface area contributed by atoms with Gasteiger partial charge < -0.3 is 25.0 Å². The largest absolute Gasteiger partial charge is 0.444 e. The van der Waals surface area contributed by atoms with Crippen molar-refractivity contribution in [1.29, 1.82) is 0 Å². The number of likely N-dealkylation sites (tertiary alicyclic amines) is 1. The predicted octanol–water partition coefficient (Wildman–Crippen LogP) is 2.76. The van der Waals surface area contributed by atoms with Crippen LogP contribution >= 0.6 is 0 Å². The van der Waals surface area contributed by atoms with Crippen LogP contribution in [0.1, 0.15) is 59.8 Å². The number of rotatable bonds is 6. The third-order valence-electron chi connectivity index (χ3n) is 4.84. The Kier molecular flexibility index (Phi) is 8.67. The Hall–Kier alpha value is -1.50. The maximum Gasteiger partial charge on any atom is 0.410 e. The number of guanidine groups is 1. The molecule has 1 amide bonds. The van der Waals surface area contributed by atoms with Crippen LogP contribution in [0.5, 0.6) is 0 Å². The van der Waals surface area contributed by atoms with Gasteiger partial charge in [-0.05, 0) is 65.7 Å². The molecule has 2 rings (SSSR count). The zero-order valence-corrected chi connectivity index (χ0v) is 17.6. The van der Waals surface area contributed by atoms with E-state index in [4.69, 9.17) is 9.47 Å². The number of aliphatic imine (C=N–C) groups is 1. The van der Waals surface area contributed by atoms with Gasteiger partial charge in [0.05, 0.1) is 12.6 Å². The normalized spacial score (nSPS) is 24.0. The van der Waals surface area contributed by atoms with Crippen LogP contribution in [0.2, 0.25) is 0 Å². The van der Waals surface area contributed by atoms with Gasteiger partial charge in [0.1, 0.15) is 5.60 Å². The van der Waals surface area contributed by atoms with Gasteiger partial charge in [0.25, 0.3) is 0 Å². The summed E-state index contributed by atoms with van der Waals surface area (Å²) < 4.78 is 11.1. The summed E-state index contributed by atoms with van der Waals surface area (Å²) >= 11 is 0. The molecule has 2 N–H and O–H groups in total. The molecule has 0 radical (unpaired) electrons. The highest BCUT2D eigenvalue weighted by Gasteiger charge is 2.27. The van der Waals surface area contributed by atoms with Crippen molar-refractivity contribution in [3.63, 3.8) is 0 Å². The minimum absolute atomic E-state index is 0.188. The summed E-state index contributed by atoms with van der Waals surface area (Å²) in [5, 5.41) is 6.72. The van der Waals surface area contributed by atoms with Crippen LogP contribution in [0.15, 0.2) is 4.99 Å².